The molecule has 1 rings (SSSR count). The van der Waals surface area contributed by atoms with Crippen molar-refractivity contribution in [3.8, 4) is 0 Å². The number of hydrogen-bond acceptors (Lipinski definition) is 5. The molecular weight excluding hydrogens is 270 g/mol. The molecule has 1 saturated heterocycles. The van der Waals surface area contributed by atoms with E-state index in [1.807, 2.05) is 0 Å². The van der Waals surface area contributed by atoms with Gasteiger partial charge in [-0.25, -0.2) is 12.7 Å². The standard InChI is InChI=1S/C12H23NO5S/c1-17-6-7-18-10-12(14)8-11-4-3-5-13(9-11)19(2,15)16/h11H,3-10H2,1-2H3. The number of ether oxygens (including phenoxy) is 2. The number of rotatable bonds is 8. The molecule has 1 fully saturated rings. The van der Waals surface area contributed by atoms with Crippen molar-refractivity contribution in [2.24, 2.45) is 5.92 Å². The molecule has 0 aliphatic carbocycles. The van der Waals surface area contributed by atoms with Crippen molar-refractivity contribution in [1.82, 2.24) is 4.31 Å². The van der Waals surface area contributed by atoms with Crippen molar-refractivity contribution in [2.75, 3.05) is 46.3 Å². The van der Waals surface area contributed by atoms with Crippen LogP contribution in [-0.2, 0) is 24.3 Å². The lowest BCUT2D eigenvalue weighted by molar-refractivity contribution is -0.125. The molecule has 0 N–H and O–H groups in total. The summed E-state index contributed by atoms with van der Waals surface area (Å²) in [6.07, 6.45) is 3.31. The van der Waals surface area contributed by atoms with E-state index < -0.39 is 10.0 Å². The number of Topliss-reactive ketones (excluding diaryl/α,β-unsaturated/α-hetero) is 1. The van der Waals surface area contributed by atoms with Gasteiger partial charge in [-0.05, 0) is 18.8 Å². The Bertz CT molecular complexity index is 382. The zero-order valence-electron chi connectivity index (χ0n) is 11.6. The minimum atomic E-state index is -3.14. The van der Waals surface area contributed by atoms with Crippen molar-refractivity contribution in [3.05, 3.63) is 0 Å². The first-order valence-corrected chi connectivity index (χ1v) is 8.32. The Labute approximate surface area is 115 Å². The second-order valence-electron chi connectivity index (χ2n) is 4.92. The Morgan fingerprint density at radius 3 is 2.74 bits per heavy atom. The third-order valence-electron chi connectivity index (χ3n) is 3.16. The van der Waals surface area contributed by atoms with Crippen LogP contribution in [0.15, 0.2) is 0 Å². The van der Waals surface area contributed by atoms with Gasteiger partial charge in [-0.3, -0.25) is 4.79 Å². The molecule has 0 amide bonds. The van der Waals surface area contributed by atoms with Crippen LogP contribution >= 0.6 is 0 Å². The summed E-state index contributed by atoms with van der Waals surface area (Å²) in [6, 6.07) is 0. The Morgan fingerprint density at radius 1 is 1.37 bits per heavy atom. The van der Waals surface area contributed by atoms with Crippen LogP contribution in [0, 0.1) is 5.92 Å². The number of ketones is 1. The Hall–Kier alpha value is -0.500. The average Bonchev–Trinajstić information content (AvgIpc) is 2.34. The van der Waals surface area contributed by atoms with Crippen LogP contribution in [0.5, 0.6) is 0 Å². The van der Waals surface area contributed by atoms with Gasteiger partial charge >= 0.3 is 0 Å². The van der Waals surface area contributed by atoms with Gasteiger partial charge in [0, 0.05) is 26.6 Å². The Balaban J connectivity index is 2.30. The summed E-state index contributed by atoms with van der Waals surface area (Å²) in [5, 5.41) is 0. The average molecular weight is 293 g/mol. The van der Waals surface area contributed by atoms with E-state index in [1.165, 1.54) is 10.6 Å². The fourth-order valence-electron chi connectivity index (χ4n) is 2.20. The summed E-state index contributed by atoms with van der Waals surface area (Å²) in [7, 11) is -1.57. The molecule has 0 spiro atoms. The topological polar surface area (TPSA) is 72.9 Å². The van der Waals surface area contributed by atoms with Crippen LogP contribution < -0.4 is 0 Å². The number of carbonyl (C=O) groups is 1. The molecule has 7 heteroatoms. The van der Waals surface area contributed by atoms with Gasteiger partial charge in [-0.1, -0.05) is 0 Å². The molecule has 0 bridgehead atoms. The fraction of sp³-hybridized carbons (Fsp3) is 0.917. The minimum absolute atomic E-state index is 0.0245. The first-order chi connectivity index (χ1) is 8.93. The highest BCUT2D eigenvalue weighted by Crippen LogP contribution is 2.21. The van der Waals surface area contributed by atoms with Crippen LogP contribution in [0.3, 0.4) is 0 Å². The molecule has 1 heterocycles. The number of sulfonamides is 1. The van der Waals surface area contributed by atoms with Crippen LogP contribution in [0.2, 0.25) is 0 Å². The molecule has 112 valence electrons. The molecule has 1 unspecified atom stereocenters. The highest BCUT2D eigenvalue weighted by Gasteiger charge is 2.27. The van der Waals surface area contributed by atoms with Gasteiger partial charge in [-0.2, -0.15) is 0 Å². The molecule has 1 atom stereocenters. The summed E-state index contributed by atoms with van der Waals surface area (Å²) in [5.41, 5.74) is 0. The van der Waals surface area contributed by atoms with Crippen molar-refractivity contribution < 1.29 is 22.7 Å². The number of carbonyl (C=O) groups excluding carboxylic acids is 1. The maximum Gasteiger partial charge on any atom is 0.211 e. The van der Waals surface area contributed by atoms with Crippen LogP contribution in [0.4, 0.5) is 0 Å². The van der Waals surface area contributed by atoms with Crippen LogP contribution in [0.1, 0.15) is 19.3 Å². The molecule has 0 saturated carbocycles. The summed E-state index contributed by atoms with van der Waals surface area (Å²) >= 11 is 0. The first-order valence-electron chi connectivity index (χ1n) is 6.47. The van der Waals surface area contributed by atoms with Crippen molar-refractivity contribution in [2.45, 2.75) is 19.3 Å². The highest BCUT2D eigenvalue weighted by molar-refractivity contribution is 7.88. The molecule has 0 radical (unpaired) electrons. The van der Waals surface area contributed by atoms with Gasteiger partial charge in [0.15, 0.2) is 5.78 Å². The van der Waals surface area contributed by atoms with Gasteiger partial charge in [0.25, 0.3) is 0 Å². The third-order valence-corrected chi connectivity index (χ3v) is 4.43. The van der Waals surface area contributed by atoms with Crippen molar-refractivity contribution >= 4 is 15.8 Å². The molecule has 0 aromatic carbocycles. The quantitative estimate of drug-likeness (QED) is 0.601. The first kappa shape index (κ1) is 16.6. The number of methoxy groups -OCH3 is 1. The molecular formula is C12H23NO5S. The SMILES string of the molecule is COCCOCC(=O)CC1CCCN(S(C)(=O)=O)C1. The van der Waals surface area contributed by atoms with E-state index in [1.54, 1.807) is 7.11 Å². The summed E-state index contributed by atoms with van der Waals surface area (Å²) in [4.78, 5) is 11.7. The lowest BCUT2D eigenvalue weighted by Gasteiger charge is -2.30. The zero-order valence-corrected chi connectivity index (χ0v) is 12.4. The molecule has 1 aliphatic rings. The maximum absolute atomic E-state index is 11.7. The minimum Gasteiger partial charge on any atom is -0.382 e. The third kappa shape index (κ3) is 6.47. The smallest absolute Gasteiger partial charge is 0.211 e. The summed E-state index contributed by atoms with van der Waals surface area (Å²) in [6.45, 7) is 1.97. The van der Waals surface area contributed by atoms with Gasteiger partial charge in [0.1, 0.15) is 6.61 Å². The predicted molar refractivity (Wildman–Crippen MR) is 71.5 cm³/mol. The molecule has 0 aromatic heterocycles. The lowest BCUT2D eigenvalue weighted by Crippen LogP contribution is -2.40. The van der Waals surface area contributed by atoms with E-state index in [0.717, 1.165) is 12.8 Å². The van der Waals surface area contributed by atoms with Gasteiger partial charge in [-0.15, -0.1) is 0 Å². The van der Waals surface area contributed by atoms with E-state index in [2.05, 4.69) is 0 Å². The van der Waals surface area contributed by atoms with Crippen LogP contribution in [-0.4, -0.2) is 64.8 Å². The number of hydrogen-bond donors (Lipinski definition) is 0. The molecule has 1 aliphatic heterocycles. The highest BCUT2D eigenvalue weighted by atomic mass is 32.2. The fourth-order valence-corrected chi connectivity index (χ4v) is 3.15. The van der Waals surface area contributed by atoms with E-state index in [-0.39, 0.29) is 18.3 Å². The van der Waals surface area contributed by atoms with E-state index in [9.17, 15) is 13.2 Å². The van der Waals surface area contributed by atoms with E-state index >= 15 is 0 Å². The normalized spacial score (nSPS) is 21.5. The Morgan fingerprint density at radius 2 is 2.11 bits per heavy atom. The van der Waals surface area contributed by atoms with Gasteiger partial charge < -0.3 is 9.47 Å². The number of nitrogens with zero attached hydrogens (tertiary/aromatic N) is 1. The molecule has 19 heavy (non-hydrogen) atoms. The van der Waals surface area contributed by atoms with Crippen molar-refractivity contribution in [1.29, 1.82) is 0 Å². The predicted octanol–water partition coefficient (Wildman–Crippen LogP) is 0.280. The largest absolute Gasteiger partial charge is 0.382 e. The Kier molecular flexibility index (Phi) is 6.92. The van der Waals surface area contributed by atoms with Crippen molar-refractivity contribution in [3.63, 3.8) is 0 Å². The van der Waals surface area contributed by atoms with E-state index in [4.69, 9.17) is 9.47 Å². The second-order valence-corrected chi connectivity index (χ2v) is 6.90. The zero-order chi connectivity index (χ0) is 14.3. The summed E-state index contributed by atoms with van der Waals surface area (Å²) < 4.78 is 34.4. The van der Waals surface area contributed by atoms with Crippen LogP contribution in [0.25, 0.3) is 0 Å². The molecule has 6 nitrogen and oxygen atoms in total. The van der Waals surface area contributed by atoms with Gasteiger partial charge in [0.05, 0.1) is 19.5 Å². The van der Waals surface area contributed by atoms with E-state index in [0.29, 0.717) is 32.7 Å². The monoisotopic (exact) mass is 293 g/mol. The molecule has 0 aromatic rings. The second kappa shape index (κ2) is 7.94. The summed E-state index contributed by atoms with van der Waals surface area (Å²) in [5.74, 6) is 0.137. The maximum atomic E-state index is 11.7. The lowest BCUT2D eigenvalue weighted by atomic mass is 9.94. The number of piperidine rings is 1. The van der Waals surface area contributed by atoms with Gasteiger partial charge in [0.2, 0.25) is 10.0 Å².